The number of aromatic nitrogens is 1. The quantitative estimate of drug-likeness (QED) is 0.518. The Morgan fingerprint density at radius 1 is 1.30 bits per heavy atom. The Balaban J connectivity index is 2.71. The van der Waals surface area contributed by atoms with Crippen molar-refractivity contribution in [2.45, 2.75) is 13.1 Å². The summed E-state index contributed by atoms with van der Waals surface area (Å²) in [5, 5.41) is 0.241. The largest absolute Gasteiger partial charge is 0.491 e. The lowest BCUT2D eigenvalue weighted by molar-refractivity contribution is -0.140. The molecule has 2 rings (SSSR count). The number of hydrogen-bond acceptors (Lipinski definition) is 4. The third-order valence-corrected chi connectivity index (χ3v) is 2.61. The number of halogens is 4. The molecule has 1 heterocycles. The maximum absolute atomic E-state index is 13.7. The van der Waals surface area contributed by atoms with Crippen LogP contribution in [0.1, 0.15) is 12.6 Å². The van der Waals surface area contributed by atoms with E-state index in [9.17, 15) is 17.6 Å². The van der Waals surface area contributed by atoms with Gasteiger partial charge in [0, 0.05) is 11.5 Å². The van der Waals surface area contributed by atoms with Crippen LogP contribution in [-0.4, -0.2) is 11.6 Å². The lowest BCUT2D eigenvalue weighted by atomic mass is 10.1. The standard InChI is InChI=1S/C12H11F4N3O/c1-2-20-10-3-6-8(4-7(10)13)18-11(12(14,15)16)5-9(6)19-17/h3-5H,2,17H2,1H3,(H,18,19). The van der Waals surface area contributed by atoms with Crippen LogP contribution in [-0.2, 0) is 6.18 Å². The smallest absolute Gasteiger partial charge is 0.433 e. The van der Waals surface area contributed by atoms with Crippen molar-refractivity contribution in [3.05, 3.63) is 29.7 Å². The molecule has 0 radical (unpaired) electrons. The SMILES string of the molecule is CCOc1cc2c(NN)cc(C(F)(F)F)nc2cc1F. The van der Waals surface area contributed by atoms with Crippen molar-refractivity contribution in [1.82, 2.24) is 4.98 Å². The summed E-state index contributed by atoms with van der Waals surface area (Å²) in [6.07, 6.45) is -4.64. The van der Waals surface area contributed by atoms with Gasteiger partial charge in [0.25, 0.3) is 0 Å². The molecule has 20 heavy (non-hydrogen) atoms. The molecule has 108 valence electrons. The maximum atomic E-state index is 13.7. The van der Waals surface area contributed by atoms with E-state index in [-0.39, 0.29) is 28.9 Å². The van der Waals surface area contributed by atoms with E-state index in [2.05, 4.69) is 10.4 Å². The predicted octanol–water partition coefficient (Wildman–Crippen LogP) is 3.08. The van der Waals surface area contributed by atoms with Gasteiger partial charge in [0.05, 0.1) is 17.8 Å². The summed E-state index contributed by atoms with van der Waals surface area (Å²) in [4.78, 5) is 3.40. The molecule has 3 N–H and O–H groups in total. The monoisotopic (exact) mass is 289 g/mol. The number of nitrogens with two attached hydrogens (primary N) is 1. The number of ether oxygens (including phenoxy) is 1. The second-order valence-corrected chi connectivity index (χ2v) is 3.93. The highest BCUT2D eigenvalue weighted by atomic mass is 19.4. The highest BCUT2D eigenvalue weighted by Gasteiger charge is 2.33. The molecule has 4 nitrogen and oxygen atoms in total. The van der Waals surface area contributed by atoms with Crippen LogP contribution in [0.25, 0.3) is 10.9 Å². The van der Waals surface area contributed by atoms with Crippen LogP contribution in [0.2, 0.25) is 0 Å². The van der Waals surface area contributed by atoms with Crippen molar-refractivity contribution in [3.8, 4) is 5.75 Å². The predicted molar refractivity (Wildman–Crippen MR) is 65.7 cm³/mol. The molecule has 0 aliphatic heterocycles. The average molecular weight is 289 g/mol. The molecule has 2 aromatic rings. The number of nitrogens with one attached hydrogen (secondary N) is 1. The fraction of sp³-hybridized carbons (Fsp3) is 0.250. The Morgan fingerprint density at radius 2 is 2.00 bits per heavy atom. The van der Waals surface area contributed by atoms with Gasteiger partial charge in [-0.2, -0.15) is 13.2 Å². The van der Waals surface area contributed by atoms with Gasteiger partial charge in [0.15, 0.2) is 11.6 Å². The molecule has 0 atom stereocenters. The second-order valence-electron chi connectivity index (χ2n) is 3.93. The molecule has 0 spiro atoms. The van der Waals surface area contributed by atoms with E-state index >= 15 is 0 Å². The summed E-state index contributed by atoms with van der Waals surface area (Å²) in [5.41, 5.74) is 0.832. The number of alkyl halides is 3. The maximum Gasteiger partial charge on any atom is 0.433 e. The van der Waals surface area contributed by atoms with E-state index in [1.165, 1.54) is 6.07 Å². The average Bonchev–Trinajstić information content (AvgIpc) is 2.37. The molecular formula is C12H11F4N3O. The number of nitrogens with zero attached hydrogens (tertiary/aromatic N) is 1. The van der Waals surface area contributed by atoms with Crippen molar-refractivity contribution in [2.75, 3.05) is 12.0 Å². The second kappa shape index (κ2) is 5.12. The molecule has 8 heteroatoms. The van der Waals surface area contributed by atoms with Crippen molar-refractivity contribution < 1.29 is 22.3 Å². The van der Waals surface area contributed by atoms with Crippen LogP contribution in [0.5, 0.6) is 5.75 Å². The van der Waals surface area contributed by atoms with Crippen LogP contribution in [0.4, 0.5) is 23.2 Å². The lowest BCUT2D eigenvalue weighted by Gasteiger charge is -2.13. The van der Waals surface area contributed by atoms with Crippen LogP contribution in [0, 0.1) is 5.82 Å². The van der Waals surface area contributed by atoms with E-state index in [4.69, 9.17) is 10.6 Å². The number of rotatable bonds is 3. The molecule has 0 unspecified atom stereocenters. The number of benzene rings is 1. The summed E-state index contributed by atoms with van der Waals surface area (Å²) in [6, 6.07) is 2.91. The minimum absolute atomic E-state index is 0.0109. The Kier molecular flexibility index (Phi) is 3.67. The molecule has 1 aromatic heterocycles. The van der Waals surface area contributed by atoms with Gasteiger partial charge in [-0.25, -0.2) is 9.37 Å². The molecule has 0 saturated heterocycles. The first-order chi connectivity index (χ1) is 9.36. The van der Waals surface area contributed by atoms with Crippen molar-refractivity contribution in [1.29, 1.82) is 0 Å². The third-order valence-electron chi connectivity index (χ3n) is 2.61. The Hall–Kier alpha value is -2.09. The van der Waals surface area contributed by atoms with E-state index in [0.717, 1.165) is 12.1 Å². The minimum Gasteiger partial charge on any atom is -0.491 e. The number of nitrogen functional groups attached to an aromatic ring is 1. The normalized spacial score (nSPS) is 11.7. The highest BCUT2D eigenvalue weighted by Crippen LogP contribution is 2.34. The molecule has 0 saturated carbocycles. The number of hydrazine groups is 1. The number of anilines is 1. The van der Waals surface area contributed by atoms with E-state index in [0.29, 0.717) is 0 Å². The molecule has 0 aliphatic rings. The fourth-order valence-corrected chi connectivity index (χ4v) is 1.76. The van der Waals surface area contributed by atoms with Crippen molar-refractivity contribution in [3.63, 3.8) is 0 Å². The Labute approximate surface area is 111 Å². The first-order valence-corrected chi connectivity index (χ1v) is 5.67. The summed E-state index contributed by atoms with van der Waals surface area (Å²) in [5.74, 6) is 4.36. The van der Waals surface area contributed by atoms with Gasteiger partial charge in [-0.15, -0.1) is 0 Å². The highest BCUT2D eigenvalue weighted by molar-refractivity contribution is 5.92. The summed E-state index contributed by atoms with van der Waals surface area (Å²) in [7, 11) is 0. The number of hydrogen-bond donors (Lipinski definition) is 2. The molecule has 0 fully saturated rings. The zero-order valence-corrected chi connectivity index (χ0v) is 10.4. The summed E-state index contributed by atoms with van der Waals surface area (Å²) < 4.78 is 56.8. The summed E-state index contributed by atoms with van der Waals surface area (Å²) >= 11 is 0. The molecular weight excluding hydrogens is 278 g/mol. The molecule has 0 aliphatic carbocycles. The minimum atomic E-state index is -4.64. The lowest BCUT2D eigenvalue weighted by Crippen LogP contribution is -2.13. The van der Waals surface area contributed by atoms with E-state index in [1.54, 1.807) is 6.92 Å². The third kappa shape index (κ3) is 2.60. The first kappa shape index (κ1) is 14.3. The van der Waals surface area contributed by atoms with Crippen molar-refractivity contribution in [2.24, 2.45) is 5.84 Å². The van der Waals surface area contributed by atoms with Crippen LogP contribution in [0.15, 0.2) is 18.2 Å². The van der Waals surface area contributed by atoms with E-state index < -0.39 is 17.7 Å². The van der Waals surface area contributed by atoms with Crippen LogP contribution in [0.3, 0.4) is 0 Å². The zero-order valence-electron chi connectivity index (χ0n) is 10.4. The van der Waals surface area contributed by atoms with E-state index in [1.807, 2.05) is 0 Å². The van der Waals surface area contributed by atoms with Gasteiger partial charge < -0.3 is 10.2 Å². The molecule has 1 aromatic carbocycles. The van der Waals surface area contributed by atoms with Crippen LogP contribution < -0.4 is 16.0 Å². The summed E-state index contributed by atoms with van der Waals surface area (Å²) in [6.45, 7) is 1.89. The topological polar surface area (TPSA) is 60.2 Å². The number of fused-ring (bicyclic) bond motifs is 1. The Bertz CT molecular complexity index is 643. The van der Waals surface area contributed by atoms with Gasteiger partial charge in [-0.1, -0.05) is 0 Å². The van der Waals surface area contributed by atoms with Crippen LogP contribution >= 0.6 is 0 Å². The van der Waals surface area contributed by atoms with Gasteiger partial charge in [-0.3, -0.25) is 5.84 Å². The fourth-order valence-electron chi connectivity index (χ4n) is 1.76. The van der Waals surface area contributed by atoms with Crippen molar-refractivity contribution >= 4 is 16.6 Å². The Morgan fingerprint density at radius 3 is 2.55 bits per heavy atom. The van der Waals surface area contributed by atoms with Gasteiger partial charge in [-0.05, 0) is 19.1 Å². The van der Waals surface area contributed by atoms with Gasteiger partial charge in [0.1, 0.15) is 5.69 Å². The van der Waals surface area contributed by atoms with Gasteiger partial charge in [0.2, 0.25) is 0 Å². The molecule has 0 bridgehead atoms. The molecule has 0 amide bonds. The number of pyridine rings is 1. The van der Waals surface area contributed by atoms with Gasteiger partial charge >= 0.3 is 6.18 Å². The first-order valence-electron chi connectivity index (χ1n) is 5.67. The zero-order chi connectivity index (χ0) is 14.9.